The lowest BCUT2D eigenvalue weighted by atomic mass is 10.2. The van der Waals surface area contributed by atoms with Crippen molar-refractivity contribution in [3.8, 4) is 0 Å². The van der Waals surface area contributed by atoms with Crippen LogP contribution in [0.15, 0.2) is 0 Å². The van der Waals surface area contributed by atoms with Crippen LogP contribution >= 0.6 is 0 Å². The van der Waals surface area contributed by atoms with Gasteiger partial charge < -0.3 is 5.11 Å². The van der Waals surface area contributed by atoms with Crippen molar-refractivity contribution >= 4 is 16.9 Å². The maximum absolute atomic E-state index is 10.1. The molecule has 3 heteroatoms. The molecule has 1 N–H and O–H groups in total. The Morgan fingerprint density at radius 1 is 1.27 bits per heavy atom. The van der Waals surface area contributed by atoms with Crippen molar-refractivity contribution in [2.45, 2.75) is 25.7 Å². The summed E-state index contributed by atoms with van der Waals surface area (Å²) in [4.78, 5) is 10.1. The van der Waals surface area contributed by atoms with E-state index in [-0.39, 0.29) is 0 Å². The first-order chi connectivity index (χ1) is 5.13. The molecule has 0 amide bonds. The molecule has 0 atom stereocenters. The first kappa shape index (κ1) is 10.8. The van der Waals surface area contributed by atoms with E-state index >= 15 is 0 Å². The molecule has 0 saturated heterocycles. The van der Waals surface area contributed by atoms with E-state index < -0.39 is 5.97 Å². The van der Waals surface area contributed by atoms with Crippen LogP contribution in [0.4, 0.5) is 0 Å². The number of aliphatic carboxylic acids is 1. The smallest absolute Gasteiger partial charge is 0.303 e. The highest BCUT2D eigenvalue weighted by atomic mass is 32.2. The molecule has 0 aliphatic carbocycles. The fourth-order valence-corrected chi connectivity index (χ4v) is 1.63. The normalized spacial score (nSPS) is 10.5. The van der Waals surface area contributed by atoms with Crippen LogP contribution in [0.2, 0.25) is 0 Å². The molecule has 66 valence electrons. The van der Waals surface area contributed by atoms with Crippen LogP contribution in [0.1, 0.15) is 25.7 Å². The summed E-state index contributed by atoms with van der Waals surface area (Å²) in [6.07, 6.45) is 7.86. The van der Waals surface area contributed by atoms with Gasteiger partial charge in [0.05, 0.1) is 12.5 Å². The summed E-state index contributed by atoms with van der Waals surface area (Å²) in [7, 11) is 0.523. The summed E-state index contributed by atoms with van der Waals surface area (Å²) < 4.78 is 0. The topological polar surface area (TPSA) is 37.3 Å². The molecule has 0 radical (unpaired) electrons. The van der Waals surface area contributed by atoms with Gasteiger partial charge in [0.25, 0.3) is 0 Å². The minimum atomic E-state index is -0.669. The van der Waals surface area contributed by atoms with Crippen LogP contribution in [-0.4, -0.2) is 29.3 Å². The number of carboxylic acids is 1. The van der Waals surface area contributed by atoms with Crippen LogP contribution in [0.5, 0.6) is 0 Å². The first-order valence-electron chi connectivity index (χ1n) is 3.89. The minimum Gasteiger partial charge on any atom is -0.481 e. The van der Waals surface area contributed by atoms with Gasteiger partial charge in [0, 0.05) is 6.42 Å². The molecule has 0 rings (SSSR count). The Kier molecular flexibility index (Phi) is 6.42. The minimum absolute atomic E-state index is 0.335. The molecule has 0 saturated carbocycles. The predicted octanol–water partition coefficient (Wildman–Crippen LogP) is 1.51. The number of unbranched alkanes of at least 4 members (excludes halogenated alkanes) is 2. The van der Waals surface area contributed by atoms with E-state index in [0.29, 0.717) is 17.3 Å². The number of hydrogen-bond acceptors (Lipinski definition) is 1. The zero-order valence-electron chi connectivity index (χ0n) is 7.30. The Balaban J connectivity index is 2.97. The van der Waals surface area contributed by atoms with Crippen LogP contribution in [0.3, 0.4) is 0 Å². The lowest BCUT2D eigenvalue weighted by Crippen LogP contribution is -2.01. The largest absolute Gasteiger partial charge is 0.481 e. The molecular weight excluding hydrogens is 160 g/mol. The Hall–Kier alpha value is -0.180. The van der Waals surface area contributed by atoms with Crippen LogP contribution in [0, 0.1) is 0 Å². The van der Waals surface area contributed by atoms with E-state index in [2.05, 4.69) is 12.5 Å². The van der Waals surface area contributed by atoms with E-state index in [9.17, 15) is 4.79 Å². The summed E-state index contributed by atoms with van der Waals surface area (Å²) in [5.74, 6) is 0.580. The van der Waals surface area contributed by atoms with Crippen LogP contribution in [-0.2, 0) is 15.7 Å². The van der Waals surface area contributed by atoms with Gasteiger partial charge in [-0.25, -0.2) is 0 Å². The van der Waals surface area contributed by atoms with E-state index in [1.807, 2.05) is 0 Å². The lowest BCUT2D eigenvalue weighted by molar-refractivity contribution is -0.137. The molecule has 0 fully saturated rings. The van der Waals surface area contributed by atoms with Gasteiger partial charge in [-0.1, -0.05) is 0 Å². The van der Waals surface area contributed by atoms with Gasteiger partial charge in [-0.3, -0.25) is 4.79 Å². The molecule has 0 bridgehead atoms. The third kappa shape index (κ3) is 9.82. The van der Waals surface area contributed by atoms with Crippen LogP contribution in [0.25, 0.3) is 0 Å². The van der Waals surface area contributed by atoms with Gasteiger partial charge in [-0.05, 0) is 30.2 Å². The van der Waals surface area contributed by atoms with E-state index in [4.69, 9.17) is 5.11 Å². The van der Waals surface area contributed by atoms with Crippen molar-refractivity contribution in [2.75, 3.05) is 18.3 Å². The van der Waals surface area contributed by atoms with Crippen molar-refractivity contribution in [1.82, 2.24) is 0 Å². The van der Waals surface area contributed by atoms with Gasteiger partial charge in [0.1, 0.15) is 5.75 Å². The third-order valence-electron chi connectivity index (χ3n) is 1.44. The summed E-state index contributed by atoms with van der Waals surface area (Å²) >= 11 is 0. The molecule has 0 aromatic rings. The number of hydrogen-bond donors (Lipinski definition) is 1. The Bertz CT molecular complexity index is 113. The number of rotatable bonds is 6. The highest BCUT2D eigenvalue weighted by Gasteiger charge is 2.01. The maximum atomic E-state index is 10.1. The highest BCUT2D eigenvalue weighted by Crippen LogP contribution is 2.01. The first-order valence-corrected chi connectivity index (χ1v) is 6.10. The third-order valence-corrected chi connectivity index (χ3v) is 2.55. The monoisotopic (exact) mass is 177 g/mol. The summed E-state index contributed by atoms with van der Waals surface area (Å²) in [5, 5.41) is 8.32. The second-order valence-corrected chi connectivity index (χ2v) is 5.27. The molecule has 0 unspecified atom stereocenters. The average molecular weight is 177 g/mol. The van der Waals surface area contributed by atoms with Gasteiger partial charge in [-0.2, -0.15) is 0 Å². The zero-order valence-corrected chi connectivity index (χ0v) is 8.12. The zero-order chi connectivity index (χ0) is 8.69. The molecule has 0 aliphatic heterocycles. The van der Waals surface area contributed by atoms with Gasteiger partial charge in [0.2, 0.25) is 0 Å². The predicted molar refractivity (Wildman–Crippen MR) is 50.2 cm³/mol. The van der Waals surface area contributed by atoms with E-state index in [1.165, 1.54) is 12.2 Å². The van der Waals surface area contributed by atoms with Gasteiger partial charge in [-0.15, -0.1) is 0 Å². The molecule has 0 spiro atoms. The quantitative estimate of drug-likeness (QED) is 0.493. The second kappa shape index (κ2) is 6.53. The number of carboxylic acid groups (broad SMARTS) is 1. The van der Waals surface area contributed by atoms with Crippen molar-refractivity contribution in [3.63, 3.8) is 0 Å². The molecule has 0 heterocycles. The van der Waals surface area contributed by atoms with Crippen molar-refractivity contribution in [3.05, 3.63) is 0 Å². The summed E-state index contributed by atoms with van der Waals surface area (Å²) in [6.45, 7) is 0. The Morgan fingerprint density at radius 2 is 1.91 bits per heavy atom. The SMILES string of the molecule is C[S+](C)CCCCCC(=O)O. The van der Waals surface area contributed by atoms with Gasteiger partial charge in [0.15, 0.2) is 0 Å². The summed E-state index contributed by atoms with van der Waals surface area (Å²) in [6, 6.07) is 0. The lowest BCUT2D eigenvalue weighted by Gasteiger charge is -1.96. The Labute approximate surface area is 71.3 Å². The van der Waals surface area contributed by atoms with Crippen LogP contribution < -0.4 is 0 Å². The molecule has 0 aromatic heterocycles. The number of carbonyl (C=O) groups is 1. The van der Waals surface area contributed by atoms with Crippen molar-refractivity contribution < 1.29 is 9.90 Å². The van der Waals surface area contributed by atoms with Crippen molar-refractivity contribution in [1.29, 1.82) is 0 Å². The molecule has 2 nitrogen and oxygen atoms in total. The fourth-order valence-electron chi connectivity index (χ4n) is 0.844. The highest BCUT2D eigenvalue weighted by molar-refractivity contribution is 7.95. The van der Waals surface area contributed by atoms with Crippen molar-refractivity contribution in [2.24, 2.45) is 0 Å². The standard InChI is InChI=1S/C8H16O2S/c1-11(2)7-5-3-4-6-8(9)10/h3-7H2,1-2H3/p+1. The molecule has 11 heavy (non-hydrogen) atoms. The maximum Gasteiger partial charge on any atom is 0.303 e. The fraction of sp³-hybridized carbons (Fsp3) is 0.875. The Morgan fingerprint density at radius 3 is 2.36 bits per heavy atom. The molecule has 0 aromatic carbocycles. The molecule has 0 aliphatic rings. The molecular formula is C8H17O2S+. The summed E-state index contributed by atoms with van der Waals surface area (Å²) in [5.41, 5.74) is 0. The van der Waals surface area contributed by atoms with Gasteiger partial charge >= 0.3 is 5.97 Å². The average Bonchev–Trinajstić information content (AvgIpc) is 1.85. The van der Waals surface area contributed by atoms with E-state index in [1.54, 1.807) is 0 Å². The van der Waals surface area contributed by atoms with E-state index in [0.717, 1.165) is 12.8 Å². The second-order valence-electron chi connectivity index (χ2n) is 2.89.